The molecule has 2 unspecified atom stereocenters. The molecule has 46 heavy (non-hydrogen) atoms. The van der Waals surface area contributed by atoms with Crippen molar-refractivity contribution < 1.29 is 34.8 Å². The van der Waals surface area contributed by atoms with Crippen molar-refractivity contribution in [2.75, 3.05) is 0 Å². The Labute approximate surface area is 272 Å². The van der Waals surface area contributed by atoms with Crippen LogP contribution in [0.4, 0.5) is 0 Å². The fourth-order valence-electron chi connectivity index (χ4n) is 8.82. The minimum absolute atomic E-state index is 0.0651. The van der Waals surface area contributed by atoms with Crippen LogP contribution in [0, 0.1) is 28.6 Å². The van der Waals surface area contributed by atoms with Crippen LogP contribution in [0.3, 0.4) is 0 Å². The summed E-state index contributed by atoms with van der Waals surface area (Å²) in [4.78, 5) is 41.2. The topological polar surface area (TPSA) is 132 Å². The van der Waals surface area contributed by atoms with E-state index in [0.29, 0.717) is 23.5 Å². The first-order chi connectivity index (χ1) is 21.5. The lowest BCUT2D eigenvalue weighted by Crippen LogP contribution is -2.69. The van der Waals surface area contributed by atoms with E-state index < -0.39 is 56.8 Å². The molecule has 246 valence electrons. The number of carbonyl (C=O) groups is 3. The minimum Gasteiger partial charge on any atom is -0.508 e. The van der Waals surface area contributed by atoms with Crippen LogP contribution in [0.15, 0.2) is 47.2 Å². The third-order valence-electron chi connectivity index (χ3n) is 11.4. The Balaban J connectivity index is 1.82. The smallest absolute Gasteiger partial charge is 0.203 e. The van der Waals surface area contributed by atoms with Crippen molar-refractivity contribution in [3.8, 4) is 16.9 Å². The quantitative estimate of drug-likeness (QED) is 0.224. The molecule has 3 aliphatic rings. The van der Waals surface area contributed by atoms with Crippen LogP contribution in [0.5, 0.6) is 5.75 Å². The second-order valence-corrected chi connectivity index (χ2v) is 14.8. The molecule has 3 aliphatic carbocycles. The highest BCUT2D eigenvalue weighted by Crippen LogP contribution is 2.65. The Bertz CT molecular complexity index is 1690. The molecule has 5 atom stereocenters. The van der Waals surface area contributed by atoms with Gasteiger partial charge in [-0.2, -0.15) is 0 Å². The van der Waals surface area contributed by atoms with Crippen molar-refractivity contribution in [1.82, 2.24) is 0 Å². The fraction of sp³-hybridized carbons (Fsp3) is 0.513. The number of allylic oxidation sites excluding steroid dienone is 1. The van der Waals surface area contributed by atoms with Gasteiger partial charge in [-0.15, -0.1) is 0 Å². The molecule has 0 aliphatic heterocycles. The van der Waals surface area contributed by atoms with Crippen LogP contribution in [0.25, 0.3) is 16.9 Å². The number of hydrogen-bond donors (Lipinski definition) is 4. The van der Waals surface area contributed by atoms with Gasteiger partial charge in [0.25, 0.3) is 0 Å². The summed E-state index contributed by atoms with van der Waals surface area (Å²) in [7, 11) is 0. The second kappa shape index (κ2) is 11.5. The maximum absolute atomic E-state index is 14.7. The van der Waals surface area contributed by atoms with Gasteiger partial charge in [0, 0.05) is 22.3 Å². The largest absolute Gasteiger partial charge is 0.508 e. The van der Waals surface area contributed by atoms with Gasteiger partial charge in [0.2, 0.25) is 5.78 Å². The van der Waals surface area contributed by atoms with E-state index in [1.807, 2.05) is 25.1 Å². The molecule has 0 amide bonds. The first kappa shape index (κ1) is 33.6. The molecule has 0 saturated heterocycles. The average molecular weight is 629 g/mol. The third kappa shape index (κ3) is 4.68. The lowest BCUT2D eigenvalue weighted by Gasteiger charge is -2.59. The van der Waals surface area contributed by atoms with Crippen LogP contribution in [-0.4, -0.2) is 43.4 Å². The zero-order chi connectivity index (χ0) is 34.1. The SMILES string of the molecule is CCc1ccc(-c2cc(CCC(C)CC)c(O)c3c2C[C@]2(C)C[C@]4(C)C(C(C)C)C(=O)C(C(C)=O)=C(O)[C@]4(O)C(=O)C2=C3O)cc1. The van der Waals surface area contributed by atoms with E-state index in [1.54, 1.807) is 20.8 Å². The molecular weight excluding hydrogens is 580 g/mol. The van der Waals surface area contributed by atoms with Crippen molar-refractivity contribution in [3.05, 3.63) is 69.5 Å². The number of phenols is 1. The highest BCUT2D eigenvalue weighted by molar-refractivity contribution is 6.24. The van der Waals surface area contributed by atoms with Gasteiger partial charge in [0.05, 0.1) is 5.56 Å². The summed E-state index contributed by atoms with van der Waals surface area (Å²) < 4.78 is 0. The average Bonchev–Trinajstić information content (AvgIpc) is 2.98. The normalized spacial score (nSPS) is 28.3. The molecule has 0 spiro atoms. The van der Waals surface area contributed by atoms with Crippen LogP contribution in [-0.2, 0) is 33.6 Å². The number of fused-ring (bicyclic) bond motifs is 3. The Morgan fingerprint density at radius 2 is 1.65 bits per heavy atom. The van der Waals surface area contributed by atoms with Gasteiger partial charge in [0.15, 0.2) is 17.2 Å². The van der Waals surface area contributed by atoms with Crippen LogP contribution < -0.4 is 0 Å². The Kier molecular flexibility index (Phi) is 8.42. The monoisotopic (exact) mass is 628 g/mol. The van der Waals surface area contributed by atoms with Crippen molar-refractivity contribution in [3.63, 3.8) is 0 Å². The molecule has 1 saturated carbocycles. The number of ketones is 3. The zero-order valence-electron chi connectivity index (χ0n) is 28.4. The van der Waals surface area contributed by atoms with E-state index in [1.165, 1.54) is 5.56 Å². The molecule has 2 aromatic carbocycles. The summed E-state index contributed by atoms with van der Waals surface area (Å²) >= 11 is 0. The van der Waals surface area contributed by atoms with Crippen LogP contribution in [0.1, 0.15) is 96.9 Å². The van der Waals surface area contributed by atoms with Gasteiger partial charge in [0.1, 0.15) is 22.8 Å². The van der Waals surface area contributed by atoms with E-state index >= 15 is 0 Å². The van der Waals surface area contributed by atoms with Gasteiger partial charge in [-0.25, -0.2) is 0 Å². The van der Waals surface area contributed by atoms with Crippen molar-refractivity contribution in [1.29, 1.82) is 0 Å². The highest BCUT2D eigenvalue weighted by atomic mass is 16.3. The first-order valence-corrected chi connectivity index (χ1v) is 16.7. The summed E-state index contributed by atoms with van der Waals surface area (Å²) in [5, 5.41) is 47.7. The standard InChI is InChI=1S/C39H48O7/c1-9-21(5)11-14-25-17-26(24-15-12-23(10-2)13-16-24)27-18-37(7)19-38(8)30(20(3)4)33(42)28(22(6)40)35(44)39(38,46)36(45)31(37)34(43)29(27)32(25)41/h12-13,15-17,20-21,30,41,43-44,46H,9-11,14,18-19H2,1-8H3/t21?,30?,37-,38-,39+/m1/s1. The molecule has 0 radical (unpaired) electrons. The van der Waals surface area contributed by atoms with E-state index in [2.05, 4.69) is 32.9 Å². The van der Waals surface area contributed by atoms with Gasteiger partial charge in [-0.1, -0.05) is 79.2 Å². The van der Waals surface area contributed by atoms with Crippen molar-refractivity contribution in [2.45, 2.75) is 99.5 Å². The number of aryl methyl sites for hydroxylation is 2. The van der Waals surface area contributed by atoms with Crippen molar-refractivity contribution in [2.24, 2.45) is 28.6 Å². The maximum Gasteiger partial charge on any atom is 0.203 e. The second-order valence-electron chi connectivity index (χ2n) is 14.8. The van der Waals surface area contributed by atoms with E-state index in [4.69, 9.17) is 0 Å². The molecule has 0 aromatic heterocycles. The zero-order valence-corrected chi connectivity index (χ0v) is 28.4. The highest BCUT2D eigenvalue weighted by Gasteiger charge is 2.72. The number of phenolic OH excluding ortho intramolecular Hbond substituents is 1. The summed E-state index contributed by atoms with van der Waals surface area (Å²) in [5.41, 5.74) is -1.42. The number of carbonyl (C=O) groups excluding carboxylic acids is 3. The molecule has 1 fully saturated rings. The number of aliphatic hydroxyl groups excluding tert-OH is 2. The number of benzene rings is 2. The minimum atomic E-state index is -2.63. The van der Waals surface area contributed by atoms with Crippen molar-refractivity contribution >= 4 is 23.1 Å². The van der Waals surface area contributed by atoms with Gasteiger partial charge < -0.3 is 20.4 Å². The van der Waals surface area contributed by atoms with Crippen LogP contribution >= 0.6 is 0 Å². The van der Waals surface area contributed by atoms with Crippen LogP contribution in [0.2, 0.25) is 0 Å². The van der Waals surface area contributed by atoms with E-state index in [-0.39, 0.29) is 35.6 Å². The van der Waals surface area contributed by atoms with E-state index in [9.17, 15) is 34.8 Å². The maximum atomic E-state index is 14.7. The lowest BCUT2D eigenvalue weighted by atomic mass is 9.43. The van der Waals surface area contributed by atoms with Gasteiger partial charge in [-0.05, 0) is 84.7 Å². The number of rotatable bonds is 8. The summed E-state index contributed by atoms with van der Waals surface area (Å²) in [6.45, 7) is 14.6. The molecule has 5 rings (SSSR count). The molecular formula is C39H48O7. The molecule has 4 N–H and O–H groups in total. The summed E-state index contributed by atoms with van der Waals surface area (Å²) in [6, 6.07) is 10.2. The predicted molar refractivity (Wildman–Crippen MR) is 178 cm³/mol. The number of hydrogen-bond acceptors (Lipinski definition) is 7. The third-order valence-corrected chi connectivity index (χ3v) is 11.4. The summed E-state index contributed by atoms with van der Waals surface area (Å²) in [5.74, 6) is -4.67. The summed E-state index contributed by atoms with van der Waals surface area (Å²) in [6.07, 6.45) is 3.55. The Morgan fingerprint density at radius 3 is 2.20 bits per heavy atom. The lowest BCUT2D eigenvalue weighted by molar-refractivity contribution is -0.178. The Morgan fingerprint density at radius 1 is 1.02 bits per heavy atom. The molecule has 7 heteroatoms. The Hall–Kier alpha value is -3.71. The first-order valence-electron chi connectivity index (χ1n) is 16.7. The number of Topliss-reactive ketones (excluding diaryl/α,β-unsaturated/α-hetero) is 3. The van der Waals surface area contributed by atoms with Gasteiger partial charge >= 0.3 is 0 Å². The number of aromatic hydroxyl groups is 1. The molecule has 7 nitrogen and oxygen atoms in total. The fourth-order valence-corrected chi connectivity index (χ4v) is 8.82. The molecule has 0 heterocycles. The number of aliphatic hydroxyl groups is 3. The molecule has 2 aromatic rings. The predicted octanol–water partition coefficient (Wildman–Crippen LogP) is 7.40. The van der Waals surface area contributed by atoms with Gasteiger partial charge in [-0.3, -0.25) is 14.4 Å². The van der Waals surface area contributed by atoms with E-state index in [0.717, 1.165) is 37.3 Å². The molecule has 0 bridgehead atoms.